The SMILES string of the molecule is CC1CCN(CCOCCOc2ccc(I)cc2)CC1. The first kappa shape index (κ1) is 16.0. The molecule has 0 aromatic heterocycles. The van der Waals surface area contributed by atoms with Gasteiger partial charge in [-0.3, -0.25) is 0 Å². The number of piperidine rings is 1. The first-order valence-electron chi connectivity index (χ1n) is 7.42. The predicted molar refractivity (Wildman–Crippen MR) is 90.3 cm³/mol. The molecule has 0 amide bonds. The van der Waals surface area contributed by atoms with E-state index in [-0.39, 0.29) is 0 Å². The zero-order chi connectivity index (χ0) is 14.2. The maximum absolute atomic E-state index is 5.64. The van der Waals surface area contributed by atoms with Gasteiger partial charge in [0.05, 0.1) is 13.2 Å². The van der Waals surface area contributed by atoms with Crippen LogP contribution in [0, 0.1) is 9.49 Å². The summed E-state index contributed by atoms with van der Waals surface area (Å²) in [6.07, 6.45) is 2.66. The molecule has 0 unspecified atom stereocenters. The molecule has 1 aromatic rings. The van der Waals surface area contributed by atoms with Crippen molar-refractivity contribution in [1.29, 1.82) is 0 Å². The summed E-state index contributed by atoms with van der Waals surface area (Å²) in [5, 5.41) is 0. The molecule has 3 nitrogen and oxygen atoms in total. The van der Waals surface area contributed by atoms with Gasteiger partial charge in [0.15, 0.2) is 0 Å². The van der Waals surface area contributed by atoms with Gasteiger partial charge >= 0.3 is 0 Å². The van der Waals surface area contributed by atoms with Crippen molar-refractivity contribution in [3.63, 3.8) is 0 Å². The standard InChI is InChI=1S/C16H24INO2/c1-14-6-8-18(9-7-14)10-11-19-12-13-20-16-4-2-15(17)3-5-16/h2-5,14H,6-13H2,1H3. The number of benzene rings is 1. The van der Waals surface area contributed by atoms with Gasteiger partial charge in [-0.25, -0.2) is 0 Å². The third kappa shape index (κ3) is 5.97. The largest absolute Gasteiger partial charge is 0.491 e. The van der Waals surface area contributed by atoms with E-state index in [0.717, 1.165) is 24.8 Å². The van der Waals surface area contributed by atoms with Crippen molar-refractivity contribution in [2.45, 2.75) is 19.8 Å². The summed E-state index contributed by atoms with van der Waals surface area (Å²) >= 11 is 2.29. The molecule has 0 atom stereocenters. The van der Waals surface area contributed by atoms with E-state index in [0.29, 0.717) is 13.2 Å². The number of likely N-dealkylation sites (tertiary alicyclic amines) is 1. The number of rotatable bonds is 7. The van der Waals surface area contributed by atoms with Crippen LogP contribution in [-0.4, -0.2) is 44.4 Å². The molecule has 0 aliphatic carbocycles. The van der Waals surface area contributed by atoms with E-state index in [1.807, 2.05) is 24.3 Å². The lowest BCUT2D eigenvalue weighted by molar-refractivity contribution is 0.0709. The Balaban J connectivity index is 1.48. The van der Waals surface area contributed by atoms with E-state index in [2.05, 4.69) is 34.4 Å². The summed E-state index contributed by atoms with van der Waals surface area (Å²) in [4.78, 5) is 2.50. The van der Waals surface area contributed by atoms with E-state index in [1.54, 1.807) is 0 Å². The maximum Gasteiger partial charge on any atom is 0.119 e. The van der Waals surface area contributed by atoms with Gasteiger partial charge in [0.25, 0.3) is 0 Å². The molecular formula is C16H24INO2. The van der Waals surface area contributed by atoms with Crippen LogP contribution in [0.25, 0.3) is 0 Å². The number of hydrogen-bond acceptors (Lipinski definition) is 3. The fourth-order valence-corrected chi connectivity index (χ4v) is 2.69. The van der Waals surface area contributed by atoms with Crippen molar-refractivity contribution in [2.24, 2.45) is 5.92 Å². The Morgan fingerprint density at radius 3 is 2.50 bits per heavy atom. The van der Waals surface area contributed by atoms with Crippen LogP contribution in [0.1, 0.15) is 19.8 Å². The Labute approximate surface area is 135 Å². The summed E-state index contributed by atoms with van der Waals surface area (Å²) in [5.41, 5.74) is 0. The molecule has 1 heterocycles. The molecule has 0 spiro atoms. The molecule has 4 heteroatoms. The average Bonchev–Trinajstić information content (AvgIpc) is 2.46. The predicted octanol–water partition coefficient (Wildman–Crippen LogP) is 3.42. The highest BCUT2D eigenvalue weighted by Crippen LogP contribution is 2.15. The quantitative estimate of drug-likeness (QED) is 0.527. The number of halogens is 1. The second-order valence-corrected chi connectivity index (χ2v) is 6.68. The summed E-state index contributed by atoms with van der Waals surface area (Å²) in [5.74, 6) is 1.81. The Morgan fingerprint density at radius 2 is 1.80 bits per heavy atom. The minimum absolute atomic E-state index is 0.623. The second-order valence-electron chi connectivity index (χ2n) is 5.44. The normalized spacial score (nSPS) is 17.3. The molecule has 2 rings (SSSR count). The molecule has 1 saturated heterocycles. The lowest BCUT2D eigenvalue weighted by Gasteiger charge is -2.29. The van der Waals surface area contributed by atoms with Gasteiger partial charge in [-0.15, -0.1) is 0 Å². The van der Waals surface area contributed by atoms with Crippen molar-refractivity contribution in [1.82, 2.24) is 4.90 Å². The third-order valence-corrected chi connectivity index (χ3v) is 4.46. The summed E-state index contributed by atoms with van der Waals surface area (Å²) < 4.78 is 12.5. The third-order valence-electron chi connectivity index (χ3n) is 3.74. The minimum Gasteiger partial charge on any atom is -0.491 e. The van der Waals surface area contributed by atoms with Gasteiger partial charge in [-0.2, -0.15) is 0 Å². The number of nitrogens with zero attached hydrogens (tertiary/aromatic N) is 1. The number of ether oxygens (including phenoxy) is 2. The van der Waals surface area contributed by atoms with Crippen LogP contribution in [0.5, 0.6) is 5.75 Å². The molecule has 1 aliphatic heterocycles. The molecule has 0 radical (unpaired) electrons. The molecule has 112 valence electrons. The van der Waals surface area contributed by atoms with Crippen LogP contribution in [0.15, 0.2) is 24.3 Å². The van der Waals surface area contributed by atoms with Gasteiger partial charge in [-0.1, -0.05) is 6.92 Å². The Morgan fingerprint density at radius 1 is 1.10 bits per heavy atom. The molecule has 0 saturated carbocycles. The smallest absolute Gasteiger partial charge is 0.119 e. The van der Waals surface area contributed by atoms with Crippen molar-refractivity contribution >= 4 is 22.6 Å². The molecule has 1 fully saturated rings. The summed E-state index contributed by atoms with van der Waals surface area (Å²) in [6.45, 7) is 7.94. The van der Waals surface area contributed by atoms with Crippen molar-refractivity contribution in [3.8, 4) is 5.75 Å². The van der Waals surface area contributed by atoms with E-state index < -0.39 is 0 Å². The molecule has 1 aromatic carbocycles. The average molecular weight is 389 g/mol. The highest BCUT2D eigenvalue weighted by molar-refractivity contribution is 14.1. The van der Waals surface area contributed by atoms with Crippen LogP contribution >= 0.6 is 22.6 Å². The monoisotopic (exact) mass is 389 g/mol. The van der Waals surface area contributed by atoms with Gasteiger partial charge in [0.2, 0.25) is 0 Å². The molecular weight excluding hydrogens is 365 g/mol. The van der Waals surface area contributed by atoms with Gasteiger partial charge in [-0.05, 0) is 78.7 Å². The first-order valence-corrected chi connectivity index (χ1v) is 8.50. The number of hydrogen-bond donors (Lipinski definition) is 0. The van der Waals surface area contributed by atoms with E-state index >= 15 is 0 Å². The topological polar surface area (TPSA) is 21.7 Å². The zero-order valence-electron chi connectivity index (χ0n) is 12.2. The molecule has 0 bridgehead atoms. The van der Waals surface area contributed by atoms with Crippen molar-refractivity contribution in [2.75, 3.05) is 39.5 Å². The van der Waals surface area contributed by atoms with E-state index in [1.165, 1.54) is 29.5 Å². The van der Waals surface area contributed by atoms with Crippen molar-refractivity contribution in [3.05, 3.63) is 27.8 Å². The fourth-order valence-electron chi connectivity index (χ4n) is 2.33. The molecule has 1 aliphatic rings. The Kier molecular flexibility index (Phi) is 7.10. The van der Waals surface area contributed by atoms with Gasteiger partial charge in [0, 0.05) is 10.1 Å². The fraction of sp³-hybridized carbons (Fsp3) is 0.625. The molecule has 0 N–H and O–H groups in total. The minimum atomic E-state index is 0.623. The van der Waals surface area contributed by atoms with Crippen LogP contribution in [0.4, 0.5) is 0 Å². The van der Waals surface area contributed by atoms with Crippen LogP contribution < -0.4 is 4.74 Å². The Bertz CT molecular complexity index is 375. The van der Waals surface area contributed by atoms with Crippen LogP contribution in [-0.2, 0) is 4.74 Å². The maximum atomic E-state index is 5.64. The van der Waals surface area contributed by atoms with Crippen LogP contribution in [0.3, 0.4) is 0 Å². The first-order chi connectivity index (χ1) is 9.74. The summed E-state index contributed by atoms with van der Waals surface area (Å²) in [7, 11) is 0. The van der Waals surface area contributed by atoms with Crippen LogP contribution in [0.2, 0.25) is 0 Å². The van der Waals surface area contributed by atoms with Gasteiger partial charge < -0.3 is 14.4 Å². The molecule has 20 heavy (non-hydrogen) atoms. The van der Waals surface area contributed by atoms with E-state index in [4.69, 9.17) is 9.47 Å². The summed E-state index contributed by atoms with van der Waals surface area (Å²) in [6, 6.07) is 8.09. The second kappa shape index (κ2) is 8.85. The van der Waals surface area contributed by atoms with Gasteiger partial charge in [0.1, 0.15) is 12.4 Å². The highest BCUT2D eigenvalue weighted by Gasteiger charge is 2.14. The van der Waals surface area contributed by atoms with E-state index in [9.17, 15) is 0 Å². The lowest BCUT2D eigenvalue weighted by atomic mass is 9.99. The Hall–Kier alpha value is -0.330. The zero-order valence-corrected chi connectivity index (χ0v) is 14.3. The lowest BCUT2D eigenvalue weighted by Crippen LogP contribution is -2.35. The van der Waals surface area contributed by atoms with Crippen molar-refractivity contribution < 1.29 is 9.47 Å². The highest BCUT2D eigenvalue weighted by atomic mass is 127.